The second-order valence-electron chi connectivity index (χ2n) is 7.90. The molecule has 0 unspecified atom stereocenters. The lowest BCUT2D eigenvalue weighted by molar-refractivity contribution is -0.122. The van der Waals surface area contributed by atoms with Crippen LogP contribution in [0.1, 0.15) is 55.1 Å². The monoisotopic (exact) mass is 450 g/mol. The minimum atomic E-state index is -0.570. The van der Waals surface area contributed by atoms with Crippen molar-refractivity contribution in [3.63, 3.8) is 0 Å². The van der Waals surface area contributed by atoms with E-state index in [9.17, 15) is 14.4 Å². The standard InChI is InChI=1S/C25H30N4O4/c1-3-4-7-15-29-25(32)21-13-6-5-12-20(21)23(28-29)24(31)27-26-22(30)14-9-16-33-19-11-8-10-18(2)17-19/h5-6,8,10-13,17H,3-4,7,9,14-16H2,1-2H3,(H,26,30)(H,27,31). The molecule has 0 saturated heterocycles. The van der Waals surface area contributed by atoms with Crippen molar-refractivity contribution < 1.29 is 14.3 Å². The predicted octanol–water partition coefficient (Wildman–Crippen LogP) is 3.52. The summed E-state index contributed by atoms with van der Waals surface area (Å²) in [5.41, 5.74) is 5.81. The minimum absolute atomic E-state index is 0.102. The molecule has 0 saturated carbocycles. The van der Waals surface area contributed by atoms with Gasteiger partial charge in [-0.25, -0.2) is 4.68 Å². The Labute approximate surface area is 192 Å². The zero-order chi connectivity index (χ0) is 23.6. The number of aromatic nitrogens is 2. The predicted molar refractivity (Wildman–Crippen MR) is 127 cm³/mol. The summed E-state index contributed by atoms with van der Waals surface area (Å²) in [7, 11) is 0. The molecule has 33 heavy (non-hydrogen) atoms. The van der Waals surface area contributed by atoms with Crippen molar-refractivity contribution in [2.45, 2.75) is 52.5 Å². The van der Waals surface area contributed by atoms with Crippen LogP contribution in [0.15, 0.2) is 53.3 Å². The zero-order valence-electron chi connectivity index (χ0n) is 19.1. The number of carbonyl (C=O) groups excluding carboxylic acids is 2. The Hall–Kier alpha value is -3.68. The number of fused-ring (bicyclic) bond motifs is 1. The Morgan fingerprint density at radius 1 is 1.00 bits per heavy atom. The number of carbonyl (C=O) groups is 2. The van der Waals surface area contributed by atoms with Gasteiger partial charge in [-0.2, -0.15) is 5.10 Å². The maximum absolute atomic E-state index is 12.8. The second kappa shape index (κ2) is 11.8. The van der Waals surface area contributed by atoms with Gasteiger partial charge < -0.3 is 4.74 Å². The number of benzene rings is 2. The van der Waals surface area contributed by atoms with Crippen LogP contribution in [0.5, 0.6) is 5.75 Å². The maximum atomic E-state index is 12.8. The molecular weight excluding hydrogens is 420 g/mol. The number of ether oxygens (including phenoxy) is 1. The molecule has 0 radical (unpaired) electrons. The van der Waals surface area contributed by atoms with E-state index in [1.54, 1.807) is 24.3 Å². The molecule has 3 rings (SSSR count). The van der Waals surface area contributed by atoms with E-state index < -0.39 is 5.91 Å². The smallest absolute Gasteiger partial charge is 0.290 e. The molecule has 2 amide bonds. The third kappa shape index (κ3) is 6.65. The normalized spacial score (nSPS) is 10.7. The van der Waals surface area contributed by atoms with Crippen molar-refractivity contribution in [1.29, 1.82) is 0 Å². The fourth-order valence-electron chi connectivity index (χ4n) is 3.44. The van der Waals surface area contributed by atoms with Crippen LogP contribution in [0.25, 0.3) is 10.8 Å². The van der Waals surface area contributed by atoms with Gasteiger partial charge in [0.1, 0.15) is 5.75 Å². The van der Waals surface area contributed by atoms with E-state index in [-0.39, 0.29) is 23.6 Å². The molecule has 0 aliphatic heterocycles. The molecule has 8 heteroatoms. The molecule has 2 aromatic carbocycles. The van der Waals surface area contributed by atoms with Gasteiger partial charge >= 0.3 is 0 Å². The van der Waals surface area contributed by atoms with E-state index in [4.69, 9.17) is 4.74 Å². The van der Waals surface area contributed by atoms with E-state index in [1.807, 2.05) is 31.2 Å². The summed E-state index contributed by atoms with van der Waals surface area (Å²) in [5, 5.41) is 5.16. The molecule has 0 aliphatic carbocycles. The Kier molecular flexibility index (Phi) is 8.57. The summed E-state index contributed by atoms with van der Waals surface area (Å²) in [6.45, 7) is 4.88. The van der Waals surface area contributed by atoms with Crippen molar-refractivity contribution in [2.75, 3.05) is 6.61 Å². The Morgan fingerprint density at radius 2 is 1.79 bits per heavy atom. The molecule has 174 valence electrons. The fourth-order valence-corrected chi connectivity index (χ4v) is 3.44. The highest BCUT2D eigenvalue weighted by atomic mass is 16.5. The lowest BCUT2D eigenvalue weighted by Crippen LogP contribution is -2.42. The van der Waals surface area contributed by atoms with Crippen LogP contribution in [-0.2, 0) is 11.3 Å². The van der Waals surface area contributed by atoms with Crippen molar-refractivity contribution in [2.24, 2.45) is 0 Å². The summed E-state index contributed by atoms with van der Waals surface area (Å²) >= 11 is 0. The van der Waals surface area contributed by atoms with E-state index in [0.717, 1.165) is 30.6 Å². The number of nitrogens with zero attached hydrogens (tertiary/aromatic N) is 2. The fraction of sp³-hybridized carbons (Fsp3) is 0.360. The van der Waals surface area contributed by atoms with Crippen LogP contribution in [0.4, 0.5) is 0 Å². The first-order chi connectivity index (χ1) is 16.0. The topological polar surface area (TPSA) is 102 Å². The van der Waals surface area contributed by atoms with Gasteiger partial charge in [-0.15, -0.1) is 0 Å². The van der Waals surface area contributed by atoms with Crippen LogP contribution in [0, 0.1) is 6.92 Å². The SMILES string of the molecule is CCCCCn1nc(C(=O)NNC(=O)CCCOc2cccc(C)c2)c2ccccc2c1=O. The number of amides is 2. The second-order valence-corrected chi connectivity index (χ2v) is 7.90. The van der Waals surface area contributed by atoms with E-state index in [1.165, 1.54) is 4.68 Å². The quantitative estimate of drug-likeness (QED) is 0.363. The Morgan fingerprint density at radius 3 is 2.55 bits per heavy atom. The average molecular weight is 451 g/mol. The third-order valence-corrected chi connectivity index (χ3v) is 5.18. The van der Waals surface area contributed by atoms with E-state index in [0.29, 0.717) is 30.3 Å². The molecule has 8 nitrogen and oxygen atoms in total. The number of unbranched alkanes of at least 4 members (excludes halogenated alkanes) is 2. The number of rotatable bonds is 10. The van der Waals surface area contributed by atoms with Crippen molar-refractivity contribution in [3.8, 4) is 5.75 Å². The van der Waals surface area contributed by atoms with Crippen LogP contribution in [0.3, 0.4) is 0 Å². The van der Waals surface area contributed by atoms with Gasteiger partial charge in [-0.1, -0.05) is 50.1 Å². The van der Waals surface area contributed by atoms with E-state index >= 15 is 0 Å². The van der Waals surface area contributed by atoms with Crippen LogP contribution >= 0.6 is 0 Å². The van der Waals surface area contributed by atoms with Gasteiger partial charge in [0.2, 0.25) is 5.91 Å². The summed E-state index contributed by atoms with van der Waals surface area (Å²) in [4.78, 5) is 37.6. The van der Waals surface area contributed by atoms with Gasteiger partial charge in [-0.05, 0) is 43.5 Å². The Bertz CT molecular complexity index is 1170. The Balaban J connectivity index is 1.57. The zero-order valence-corrected chi connectivity index (χ0v) is 19.1. The van der Waals surface area contributed by atoms with Gasteiger partial charge in [0.25, 0.3) is 11.5 Å². The number of aryl methyl sites for hydroxylation is 2. The number of hydrazine groups is 1. The maximum Gasteiger partial charge on any atom is 0.290 e. The largest absolute Gasteiger partial charge is 0.494 e. The first-order valence-corrected chi connectivity index (χ1v) is 11.3. The number of hydrogen-bond acceptors (Lipinski definition) is 5. The van der Waals surface area contributed by atoms with Gasteiger partial charge in [0, 0.05) is 18.4 Å². The summed E-state index contributed by atoms with van der Waals surface area (Å²) in [6, 6.07) is 14.6. The molecular formula is C25H30N4O4. The lowest BCUT2D eigenvalue weighted by atomic mass is 10.1. The highest BCUT2D eigenvalue weighted by molar-refractivity contribution is 6.05. The number of hydrogen-bond donors (Lipinski definition) is 2. The summed E-state index contributed by atoms with van der Waals surface area (Å²) < 4.78 is 6.97. The highest BCUT2D eigenvalue weighted by Crippen LogP contribution is 2.14. The molecule has 2 N–H and O–H groups in total. The highest BCUT2D eigenvalue weighted by Gasteiger charge is 2.17. The first kappa shape index (κ1) is 24.0. The van der Waals surface area contributed by atoms with Crippen LogP contribution in [0.2, 0.25) is 0 Å². The summed E-state index contributed by atoms with van der Waals surface area (Å²) in [5.74, 6) is -0.146. The van der Waals surface area contributed by atoms with Crippen LogP contribution < -0.4 is 21.1 Å². The first-order valence-electron chi connectivity index (χ1n) is 11.3. The van der Waals surface area contributed by atoms with Gasteiger partial charge in [-0.3, -0.25) is 25.2 Å². The minimum Gasteiger partial charge on any atom is -0.494 e. The molecule has 0 spiro atoms. The molecule has 0 aliphatic rings. The van der Waals surface area contributed by atoms with Crippen molar-refractivity contribution in [3.05, 3.63) is 70.1 Å². The third-order valence-electron chi connectivity index (χ3n) is 5.18. The molecule has 1 heterocycles. The van der Waals surface area contributed by atoms with Crippen LogP contribution in [-0.4, -0.2) is 28.2 Å². The molecule has 3 aromatic rings. The molecule has 0 atom stereocenters. The van der Waals surface area contributed by atoms with Gasteiger partial charge in [0.15, 0.2) is 5.69 Å². The van der Waals surface area contributed by atoms with E-state index in [2.05, 4.69) is 22.9 Å². The average Bonchev–Trinajstić information content (AvgIpc) is 2.82. The lowest BCUT2D eigenvalue weighted by Gasteiger charge is -2.12. The number of nitrogens with one attached hydrogen (secondary N) is 2. The van der Waals surface area contributed by atoms with Gasteiger partial charge in [0.05, 0.1) is 12.0 Å². The summed E-state index contributed by atoms with van der Waals surface area (Å²) in [6.07, 6.45) is 3.46. The molecule has 0 bridgehead atoms. The van der Waals surface area contributed by atoms with Crippen molar-refractivity contribution in [1.82, 2.24) is 20.6 Å². The molecule has 0 fully saturated rings. The van der Waals surface area contributed by atoms with Crippen molar-refractivity contribution >= 4 is 22.6 Å². The molecule has 1 aromatic heterocycles.